The summed E-state index contributed by atoms with van der Waals surface area (Å²) in [5.41, 5.74) is 1.92. The average Bonchev–Trinajstić information content (AvgIpc) is 2.83. The minimum absolute atomic E-state index is 0. The number of hydrogen-bond acceptors (Lipinski definition) is 4. The first-order valence-corrected chi connectivity index (χ1v) is 12.5. The zero-order chi connectivity index (χ0) is 27.5. The van der Waals surface area contributed by atoms with Gasteiger partial charge in [-0.3, -0.25) is 14.2 Å². The Bertz CT molecular complexity index is 1450. The molecule has 0 aliphatic heterocycles. The fourth-order valence-electron chi connectivity index (χ4n) is 3.54. The molecule has 0 bridgehead atoms. The first-order chi connectivity index (χ1) is 17.2. The monoisotopic (exact) mass is 692 g/mol. The number of pyridine rings is 2. The Morgan fingerprint density at radius 2 is 1.63 bits per heavy atom. The van der Waals surface area contributed by atoms with E-state index in [9.17, 15) is 14.3 Å². The largest absolute Gasteiger partial charge is 0.512 e. The Balaban J connectivity index is 0.000000313. The van der Waals surface area contributed by atoms with Gasteiger partial charge in [-0.25, -0.2) is 0 Å². The fraction of sp³-hybridized carbons (Fsp3) is 0.344. The van der Waals surface area contributed by atoms with Crippen LogP contribution in [0.1, 0.15) is 67.0 Å². The van der Waals surface area contributed by atoms with E-state index in [1.807, 2.05) is 53.8 Å². The van der Waals surface area contributed by atoms with Gasteiger partial charge in [0.1, 0.15) is 5.76 Å². The van der Waals surface area contributed by atoms with Gasteiger partial charge < -0.3 is 10.1 Å². The Morgan fingerprint density at radius 1 is 0.947 bits per heavy atom. The third kappa shape index (κ3) is 7.55. The number of benzene rings is 2. The molecule has 0 unspecified atom stereocenters. The Labute approximate surface area is 238 Å². The van der Waals surface area contributed by atoms with Gasteiger partial charge in [-0.15, -0.1) is 29.8 Å². The van der Waals surface area contributed by atoms with Crippen molar-refractivity contribution in [1.29, 1.82) is 0 Å². The molecule has 0 aliphatic rings. The summed E-state index contributed by atoms with van der Waals surface area (Å²) in [5.74, 6) is 0.203. The molecule has 0 spiro atoms. The van der Waals surface area contributed by atoms with Gasteiger partial charge in [-0.1, -0.05) is 67.5 Å². The van der Waals surface area contributed by atoms with E-state index in [1.54, 1.807) is 12.3 Å². The fourth-order valence-corrected chi connectivity index (χ4v) is 3.54. The number of rotatable bonds is 3. The van der Waals surface area contributed by atoms with Crippen LogP contribution < -0.4 is 0 Å². The third-order valence-corrected chi connectivity index (χ3v) is 6.06. The van der Waals surface area contributed by atoms with Gasteiger partial charge in [0, 0.05) is 66.3 Å². The summed E-state index contributed by atoms with van der Waals surface area (Å²) in [4.78, 5) is 20.6. The van der Waals surface area contributed by atoms with E-state index in [2.05, 4.69) is 48.1 Å². The second-order valence-electron chi connectivity index (χ2n) is 11.6. The number of nitrogens with zero attached hydrogens (tertiary/aromatic N) is 2. The maximum absolute atomic E-state index is 13.2. The van der Waals surface area contributed by atoms with Crippen LogP contribution in [0.4, 0.5) is 4.39 Å². The SMILES string of the molecule is CC(C)(C)C(=O)/C=C(\O)C(C)(C)C.CC(C)c1cc2ccc3c(-c4[c-]cc(F)cc4)nccc3c2cn1.[Ir]. The molecular formula is C32H36FIrN2O2-. The van der Waals surface area contributed by atoms with Crippen molar-refractivity contribution in [2.75, 3.05) is 0 Å². The van der Waals surface area contributed by atoms with Gasteiger partial charge in [0.15, 0.2) is 5.78 Å². The zero-order valence-corrected chi connectivity index (χ0v) is 25.7. The van der Waals surface area contributed by atoms with Crippen molar-refractivity contribution < 1.29 is 34.4 Å². The number of aromatic nitrogens is 2. The number of fused-ring (bicyclic) bond motifs is 3. The van der Waals surface area contributed by atoms with Crippen LogP contribution in [0, 0.1) is 22.7 Å². The van der Waals surface area contributed by atoms with Crippen molar-refractivity contribution in [1.82, 2.24) is 9.97 Å². The molecule has 38 heavy (non-hydrogen) atoms. The van der Waals surface area contributed by atoms with Gasteiger partial charge in [-0.2, -0.15) is 0 Å². The third-order valence-electron chi connectivity index (χ3n) is 6.06. The predicted molar refractivity (Wildman–Crippen MR) is 150 cm³/mol. The molecule has 4 aromatic rings. The molecule has 0 amide bonds. The summed E-state index contributed by atoms with van der Waals surface area (Å²) in [6, 6.07) is 15.8. The second-order valence-corrected chi connectivity index (χ2v) is 11.6. The molecule has 2 heterocycles. The van der Waals surface area contributed by atoms with Gasteiger partial charge in [-0.05, 0) is 39.9 Å². The van der Waals surface area contributed by atoms with Gasteiger partial charge in [0.25, 0.3) is 0 Å². The van der Waals surface area contributed by atoms with Crippen LogP contribution in [0.25, 0.3) is 32.8 Å². The van der Waals surface area contributed by atoms with Crippen molar-refractivity contribution in [3.63, 3.8) is 0 Å². The van der Waals surface area contributed by atoms with Crippen LogP contribution in [0.5, 0.6) is 0 Å². The Morgan fingerprint density at radius 3 is 2.18 bits per heavy atom. The average molecular weight is 692 g/mol. The quantitative estimate of drug-likeness (QED) is 0.101. The number of halogens is 1. The molecule has 4 rings (SSSR count). The number of hydrogen-bond donors (Lipinski definition) is 1. The van der Waals surface area contributed by atoms with E-state index in [-0.39, 0.29) is 42.9 Å². The van der Waals surface area contributed by atoms with E-state index < -0.39 is 5.41 Å². The minimum Gasteiger partial charge on any atom is -0.512 e. The Hall–Kier alpha value is -2.95. The molecule has 0 saturated carbocycles. The molecule has 2 aromatic heterocycles. The molecular weight excluding hydrogens is 656 g/mol. The van der Waals surface area contributed by atoms with Crippen molar-refractivity contribution in [2.45, 2.75) is 61.3 Å². The first-order valence-electron chi connectivity index (χ1n) is 12.5. The Kier molecular flexibility index (Phi) is 10.1. The van der Waals surface area contributed by atoms with Gasteiger partial charge >= 0.3 is 0 Å². The van der Waals surface area contributed by atoms with Crippen LogP contribution in [0.2, 0.25) is 0 Å². The number of ketones is 1. The zero-order valence-electron chi connectivity index (χ0n) is 23.3. The minimum atomic E-state index is -0.417. The molecule has 6 heteroatoms. The molecule has 203 valence electrons. The predicted octanol–water partition coefficient (Wildman–Crippen LogP) is 8.60. The van der Waals surface area contributed by atoms with Crippen LogP contribution >= 0.6 is 0 Å². The van der Waals surface area contributed by atoms with Gasteiger partial charge in [0.2, 0.25) is 0 Å². The van der Waals surface area contributed by atoms with E-state index in [0.29, 0.717) is 5.92 Å². The molecule has 0 fully saturated rings. The smallest absolute Gasteiger partial charge is 0.164 e. The number of allylic oxidation sites excluding steroid dienone is 2. The van der Waals surface area contributed by atoms with E-state index in [1.165, 1.54) is 23.6 Å². The van der Waals surface area contributed by atoms with E-state index in [4.69, 9.17) is 0 Å². The van der Waals surface area contributed by atoms with Crippen molar-refractivity contribution >= 4 is 27.3 Å². The molecule has 0 atom stereocenters. The number of aliphatic hydroxyl groups excluding tert-OH is 1. The molecule has 1 radical (unpaired) electrons. The van der Waals surface area contributed by atoms with Crippen LogP contribution in [-0.2, 0) is 24.9 Å². The summed E-state index contributed by atoms with van der Waals surface area (Å²) in [5, 5.41) is 13.9. The molecule has 2 aromatic carbocycles. The topological polar surface area (TPSA) is 63.1 Å². The number of carbonyl (C=O) groups is 1. The normalized spacial score (nSPS) is 12.2. The van der Waals surface area contributed by atoms with Crippen molar-refractivity contribution in [3.8, 4) is 11.3 Å². The van der Waals surface area contributed by atoms with E-state index in [0.717, 1.165) is 33.1 Å². The first kappa shape index (κ1) is 31.3. The summed E-state index contributed by atoms with van der Waals surface area (Å²) in [6.07, 6.45) is 5.05. The number of carbonyl (C=O) groups excluding carboxylic acids is 1. The summed E-state index contributed by atoms with van der Waals surface area (Å²) in [7, 11) is 0. The van der Waals surface area contributed by atoms with Crippen LogP contribution in [0.3, 0.4) is 0 Å². The maximum Gasteiger partial charge on any atom is 0.164 e. The molecule has 0 aliphatic carbocycles. The molecule has 1 N–H and O–H groups in total. The number of aliphatic hydroxyl groups is 1. The van der Waals surface area contributed by atoms with Crippen molar-refractivity contribution in [2.24, 2.45) is 10.8 Å². The maximum atomic E-state index is 13.2. The summed E-state index contributed by atoms with van der Waals surface area (Å²) in [6.45, 7) is 15.4. The van der Waals surface area contributed by atoms with Gasteiger partial charge in [0.05, 0.1) is 0 Å². The molecule has 0 saturated heterocycles. The van der Waals surface area contributed by atoms with Crippen LogP contribution in [0.15, 0.2) is 66.7 Å². The van der Waals surface area contributed by atoms with E-state index >= 15 is 0 Å². The second kappa shape index (κ2) is 12.3. The standard InChI is InChI=1S/C21H16FN2.C11H20O2.Ir/c1-13(2)20-11-15-5-8-18-17(19(15)12-24-20)9-10-23-21(18)14-3-6-16(22)7-4-14;1-10(2,3)8(12)7-9(13)11(4,5)6;/h3,5-13H,1-2H3;7,12H,1-6H3;/q-1;;/b;8-7-;. The molecule has 4 nitrogen and oxygen atoms in total. The van der Waals surface area contributed by atoms with Crippen LogP contribution in [-0.4, -0.2) is 20.9 Å². The van der Waals surface area contributed by atoms with Crippen molar-refractivity contribution in [3.05, 3.63) is 84.3 Å². The summed E-state index contributed by atoms with van der Waals surface area (Å²) < 4.78 is 13.2. The summed E-state index contributed by atoms with van der Waals surface area (Å²) >= 11 is 0.